The molecule has 0 saturated carbocycles. The molecule has 2 rings (SSSR count). The molecule has 1 aliphatic rings. The molecule has 0 radical (unpaired) electrons. The number of ether oxygens (including phenoxy) is 1. The molecule has 0 aromatic heterocycles. The van der Waals surface area contributed by atoms with E-state index in [4.69, 9.17) is 4.74 Å². The first kappa shape index (κ1) is 14.5. The van der Waals surface area contributed by atoms with Gasteiger partial charge in [0.15, 0.2) is 0 Å². The summed E-state index contributed by atoms with van der Waals surface area (Å²) in [5, 5.41) is 6.09. The Balaban J connectivity index is 1.79. The van der Waals surface area contributed by atoms with E-state index >= 15 is 0 Å². The number of rotatable bonds is 4. The molecule has 2 N–H and O–H groups in total. The maximum absolute atomic E-state index is 11.9. The van der Waals surface area contributed by atoms with Gasteiger partial charge in [0.2, 0.25) is 5.91 Å². The van der Waals surface area contributed by atoms with Gasteiger partial charge in [-0.2, -0.15) is 0 Å². The molecule has 1 saturated heterocycles. The van der Waals surface area contributed by atoms with Crippen molar-refractivity contribution in [3.63, 3.8) is 0 Å². The summed E-state index contributed by atoms with van der Waals surface area (Å²) in [5.74, 6) is 0.0207. The molecule has 0 spiro atoms. The number of carbonyl (C=O) groups excluding carboxylic acids is 1. The minimum atomic E-state index is -0.211. The lowest BCUT2D eigenvalue weighted by molar-refractivity contribution is -0.125. The Labute approximate surface area is 122 Å². The molecule has 0 aliphatic carbocycles. The predicted octanol–water partition coefficient (Wildman–Crippen LogP) is 1.40. The van der Waals surface area contributed by atoms with Gasteiger partial charge in [-0.1, -0.05) is 22.0 Å². The zero-order chi connectivity index (χ0) is 13.7. The average molecular weight is 327 g/mol. The Bertz CT molecular complexity index is 445. The highest BCUT2D eigenvalue weighted by Crippen LogP contribution is 2.16. The van der Waals surface area contributed by atoms with Crippen LogP contribution in [0, 0.1) is 6.92 Å². The smallest absolute Gasteiger partial charge is 0.239 e. The fraction of sp³-hybridized carbons (Fsp3) is 0.500. The minimum Gasteiger partial charge on any atom is -0.378 e. The Morgan fingerprint density at radius 3 is 3.16 bits per heavy atom. The Morgan fingerprint density at radius 2 is 2.42 bits per heavy atom. The van der Waals surface area contributed by atoms with Crippen LogP contribution in [0.2, 0.25) is 0 Å². The molecule has 4 nitrogen and oxygen atoms in total. The van der Waals surface area contributed by atoms with Crippen LogP contribution in [-0.2, 0) is 16.0 Å². The lowest BCUT2D eigenvalue weighted by atomic mass is 10.1. The number of benzene rings is 1. The van der Waals surface area contributed by atoms with Gasteiger partial charge in [-0.3, -0.25) is 4.79 Å². The first-order valence-corrected chi connectivity index (χ1v) is 7.30. The molecule has 0 bridgehead atoms. The largest absolute Gasteiger partial charge is 0.378 e. The van der Waals surface area contributed by atoms with Crippen LogP contribution in [-0.4, -0.2) is 38.3 Å². The van der Waals surface area contributed by atoms with E-state index in [2.05, 4.69) is 45.6 Å². The molecule has 1 aromatic rings. The van der Waals surface area contributed by atoms with Crippen molar-refractivity contribution in [2.45, 2.75) is 19.4 Å². The number of morpholine rings is 1. The van der Waals surface area contributed by atoms with Gasteiger partial charge in [-0.05, 0) is 36.6 Å². The second kappa shape index (κ2) is 7.03. The van der Waals surface area contributed by atoms with Crippen LogP contribution in [0.15, 0.2) is 22.7 Å². The van der Waals surface area contributed by atoms with Gasteiger partial charge in [0, 0.05) is 17.6 Å². The zero-order valence-electron chi connectivity index (χ0n) is 11.0. The Kier molecular flexibility index (Phi) is 5.36. The third-order valence-electron chi connectivity index (χ3n) is 3.24. The first-order valence-electron chi connectivity index (χ1n) is 6.50. The van der Waals surface area contributed by atoms with Crippen molar-refractivity contribution in [3.05, 3.63) is 33.8 Å². The van der Waals surface area contributed by atoms with E-state index in [9.17, 15) is 4.79 Å². The van der Waals surface area contributed by atoms with Crippen molar-refractivity contribution in [2.24, 2.45) is 0 Å². The summed E-state index contributed by atoms with van der Waals surface area (Å²) in [4.78, 5) is 11.9. The third kappa shape index (κ3) is 4.30. The summed E-state index contributed by atoms with van der Waals surface area (Å²) < 4.78 is 6.34. The van der Waals surface area contributed by atoms with Gasteiger partial charge in [0.1, 0.15) is 6.04 Å². The van der Waals surface area contributed by atoms with Crippen LogP contribution >= 0.6 is 15.9 Å². The number of halogens is 1. The normalized spacial score (nSPS) is 19.2. The Morgan fingerprint density at radius 1 is 1.58 bits per heavy atom. The fourth-order valence-corrected chi connectivity index (χ4v) is 2.50. The van der Waals surface area contributed by atoms with Gasteiger partial charge >= 0.3 is 0 Å². The summed E-state index contributed by atoms with van der Waals surface area (Å²) in [6.45, 7) is 4.61. The maximum Gasteiger partial charge on any atom is 0.239 e. The van der Waals surface area contributed by atoms with Gasteiger partial charge in [-0.25, -0.2) is 0 Å². The zero-order valence-corrected chi connectivity index (χ0v) is 12.6. The standard InChI is InChI=1S/C14H19BrN2O2/c1-10-2-3-12(15)8-11(10)4-5-17-14(18)13-9-19-7-6-16-13/h2-3,8,13,16H,4-7,9H2,1H3,(H,17,18). The van der Waals surface area contributed by atoms with Crippen LogP contribution in [0.5, 0.6) is 0 Å². The molecule has 1 amide bonds. The van der Waals surface area contributed by atoms with E-state index in [1.807, 2.05) is 6.07 Å². The van der Waals surface area contributed by atoms with Crippen molar-refractivity contribution < 1.29 is 9.53 Å². The molecule has 1 atom stereocenters. The summed E-state index contributed by atoms with van der Waals surface area (Å²) in [7, 11) is 0. The maximum atomic E-state index is 11.9. The van der Waals surface area contributed by atoms with E-state index in [-0.39, 0.29) is 11.9 Å². The quantitative estimate of drug-likeness (QED) is 0.879. The number of nitrogens with one attached hydrogen (secondary N) is 2. The summed E-state index contributed by atoms with van der Waals surface area (Å²) in [6, 6.07) is 6.00. The topological polar surface area (TPSA) is 50.4 Å². The summed E-state index contributed by atoms with van der Waals surface area (Å²) >= 11 is 3.47. The number of hydrogen-bond donors (Lipinski definition) is 2. The molecule has 1 aliphatic heterocycles. The van der Waals surface area contributed by atoms with E-state index in [1.54, 1.807) is 0 Å². The SMILES string of the molecule is Cc1ccc(Br)cc1CCNC(=O)C1COCCN1. The second-order valence-corrected chi connectivity index (χ2v) is 5.61. The Hall–Kier alpha value is -0.910. The average Bonchev–Trinajstić information content (AvgIpc) is 2.43. The highest BCUT2D eigenvalue weighted by Gasteiger charge is 2.20. The fourth-order valence-electron chi connectivity index (χ4n) is 2.09. The van der Waals surface area contributed by atoms with Crippen molar-refractivity contribution in [3.8, 4) is 0 Å². The van der Waals surface area contributed by atoms with Crippen molar-refractivity contribution in [1.29, 1.82) is 0 Å². The number of hydrogen-bond acceptors (Lipinski definition) is 3. The van der Waals surface area contributed by atoms with Gasteiger partial charge in [0.05, 0.1) is 13.2 Å². The van der Waals surface area contributed by atoms with Crippen LogP contribution in [0.3, 0.4) is 0 Å². The number of aryl methyl sites for hydroxylation is 1. The van der Waals surface area contributed by atoms with Crippen LogP contribution in [0.1, 0.15) is 11.1 Å². The highest BCUT2D eigenvalue weighted by molar-refractivity contribution is 9.10. The molecule has 104 valence electrons. The molecule has 19 heavy (non-hydrogen) atoms. The van der Waals surface area contributed by atoms with Crippen molar-refractivity contribution >= 4 is 21.8 Å². The molecule has 1 fully saturated rings. The highest BCUT2D eigenvalue weighted by atomic mass is 79.9. The van der Waals surface area contributed by atoms with Gasteiger partial charge in [-0.15, -0.1) is 0 Å². The van der Waals surface area contributed by atoms with Crippen molar-refractivity contribution in [1.82, 2.24) is 10.6 Å². The van der Waals surface area contributed by atoms with E-state index in [1.165, 1.54) is 11.1 Å². The molecule has 1 heterocycles. The molecule has 5 heteroatoms. The predicted molar refractivity (Wildman–Crippen MR) is 78.2 cm³/mol. The first-order chi connectivity index (χ1) is 9.16. The van der Waals surface area contributed by atoms with Crippen LogP contribution in [0.4, 0.5) is 0 Å². The number of amides is 1. The van der Waals surface area contributed by atoms with Crippen LogP contribution < -0.4 is 10.6 Å². The summed E-state index contributed by atoms with van der Waals surface area (Å²) in [6.07, 6.45) is 0.838. The molecular weight excluding hydrogens is 308 g/mol. The monoisotopic (exact) mass is 326 g/mol. The molecule has 1 aromatic carbocycles. The third-order valence-corrected chi connectivity index (χ3v) is 3.74. The number of carbonyl (C=O) groups is 1. The minimum absolute atomic E-state index is 0.0207. The molecular formula is C14H19BrN2O2. The van der Waals surface area contributed by atoms with Crippen molar-refractivity contribution in [2.75, 3.05) is 26.3 Å². The lowest BCUT2D eigenvalue weighted by Gasteiger charge is -2.22. The second-order valence-electron chi connectivity index (χ2n) is 4.69. The lowest BCUT2D eigenvalue weighted by Crippen LogP contribution is -2.51. The van der Waals surface area contributed by atoms with E-state index in [0.29, 0.717) is 19.8 Å². The van der Waals surface area contributed by atoms with Crippen LogP contribution in [0.25, 0.3) is 0 Å². The van der Waals surface area contributed by atoms with E-state index in [0.717, 1.165) is 17.4 Å². The van der Waals surface area contributed by atoms with E-state index < -0.39 is 0 Å². The molecule has 1 unspecified atom stereocenters. The van der Waals surface area contributed by atoms with Gasteiger partial charge < -0.3 is 15.4 Å². The summed E-state index contributed by atoms with van der Waals surface area (Å²) in [5.41, 5.74) is 2.50. The van der Waals surface area contributed by atoms with Gasteiger partial charge in [0.25, 0.3) is 0 Å².